The maximum Gasteiger partial charge on any atom is 0.129 e. The monoisotopic (exact) mass is 319 g/mol. The lowest BCUT2D eigenvalue weighted by molar-refractivity contribution is 0.598. The van der Waals surface area contributed by atoms with Crippen LogP contribution in [-0.4, -0.2) is 0 Å². The molecule has 2 N–H and O–H groups in total. The van der Waals surface area contributed by atoms with E-state index in [1.807, 2.05) is 12.1 Å². The molecule has 0 aliphatic heterocycles. The van der Waals surface area contributed by atoms with Crippen LogP contribution < -0.4 is 5.73 Å². The topological polar surface area (TPSA) is 26.0 Å². The zero-order chi connectivity index (χ0) is 13.4. The summed E-state index contributed by atoms with van der Waals surface area (Å²) in [6, 6.07) is 10.8. The molecule has 0 fully saturated rings. The Balaban J connectivity index is 2.02. The molecule has 0 bridgehead atoms. The molecule has 3 rings (SSSR count). The van der Waals surface area contributed by atoms with Gasteiger partial charge in [-0.3, -0.25) is 0 Å². The molecule has 0 amide bonds. The number of benzene rings is 2. The third kappa shape index (κ3) is 2.33. The third-order valence-corrected chi connectivity index (χ3v) is 4.48. The minimum atomic E-state index is -0.429. The van der Waals surface area contributed by atoms with E-state index in [2.05, 4.69) is 28.1 Å². The van der Waals surface area contributed by atoms with Crippen molar-refractivity contribution >= 4 is 15.9 Å². The van der Waals surface area contributed by atoms with Crippen molar-refractivity contribution in [1.29, 1.82) is 0 Å². The summed E-state index contributed by atoms with van der Waals surface area (Å²) in [5.74, 6) is -0.262. The fraction of sp³-hybridized carbons (Fsp3) is 0.250. The van der Waals surface area contributed by atoms with Gasteiger partial charge in [0.15, 0.2) is 0 Å². The van der Waals surface area contributed by atoms with E-state index in [0.29, 0.717) is 5.56 Å². The number of hydrogen-bond acceptors (Lipinski definition) is 1. The molecule has 2 aromatic rings. The number of rotatable bonds is 2. The Morgan fingerprint density at radius 3 is 2.68 bits per heavy atom. The van der Waals surface area contributed by atoms with Gasteiger partial charge in [0.05, 0.1) is 6.04 Å². The van der Waals surface area contributed by atoms with E-state index in [1.165, 1.54) is 23.6 Å². The molecular weight excluding hydrogens is 305 g/mol. The summed E-state index contributed by atoms with van der Waals surface area (Å²) in [6.07, 6.45) is 3.46. The molecule has 19 heavy (non-hydrogen) atoms. The molecule has 0 aromatic heterocycles. The highest BCUT2D eigenvalue weighted by Crippen LogP contribution is 2.31. The van der Waals surface area contributed by atoms with Crippen LogP contribution >= 0.6 is 15.9 Å². The van der Waals surface area contributed by atoms with Gasteiger partial charge in [0.2, 0.25) is 0 Å². The number of aryl methyl sites for hydroxylation is 2. The summed E-state index contributed by atoms with van der Waals surface area (Å²) < 4.78 is 14.7. The maximum absolute atomic E-state index is 14.0. The van der Waals surface area contributed by atoms with Crippen LogP contribution in [0, 0.1) is 5.82 Å². The zero-order valence-corrected chi connectivity index (χ0v) is 12.1. The second kappa shape index (κ2) is 5.06. The Labute approximate surface area is 120 Å². The van der Waals surface area contributed by atoms with E-state index in [1.54, 1.807) is 6.07 Å². The molecule has 1 atom stereocenters. The Bertz CT molecular complexity index is 604. The van der Waals surface area contributed by atoms with Crippen LogP contribution in [-0.2, 0) is 12.8 Å². The molecule has 0 saturated carbocycles. The Kier molecular flexibility index (Phi) is 3.42. The third-order valence-electron chi connectivity index (χ3n) is 3.79. The van der Waals surface area contributed by atoms with Gasteiger partial charge in [-0.2, -0.15) is 0 Å². The Morgan fingerprint density at radius 1 is 1.11 bits per heavy atom. The van der Waals surface area contributed by atoms with E-state index in [-0.39, 0.29) is 5.82 Å². The summed E-state index contributed by atoms with van der Waals surface area (Å²) in [4.78, 5) is 0. The van der Waals surface area contributed by atoms with Crippen LogP contribution in [0.25, 0.3) is 0 Å². The average Bonchev–Trinajstić information content (AvgIpc) is 2.85. The minimum Gasteiger partial charge on any atom is -0.320 e. The fourth-order valence-electron chi connectivity index (χ4n) is 2.76. The molecule has 0 saturated heterocycles. The summed E-state index contributed by atoms with van der Waals surface area (Å²) >= 11 is 3.39. The van der Waals surface area contributed by atoms with Gasteiger partial charge in [-0.15, -0.1) is 0 Å². The van der Waals surface area contributed by atoms with Crippen LogP contribution in [0.5, 0.6) is 0 Å². The van der Waals surface area contributed by atoms with Crippen molar-refractivity contribution in [1.82, 2.24) is 0 Å². The van der Waals surface area contributed by atoms with Gasteiger partial charge in [-0.1, -0.05) is 40.2 Å². The van der Waals surface area contributed by atoms with Crippen LogP contribution in [0.4, 0.5) is 4.39 Å². The molecule has 1 nitrogen and oxygen atoms in total. The predicted octanol–water partition coefficient (Wildman–Crippen LogP) is 4.13. The predicted molar refractivity (Wildman–Crippen MR) is 78.6 cm³/mol. The summed E-state index contributed by atoms with van der Waals surface area (Å²) in [5, 5.41) is 0. The first kappa shape index (κ1) is 12.8. The number of hydrogen-bond donors (Lipinski definition) is 1. The van der Waals surface area contributed by atoms with E-state index in [4.69, 9.17) is 5.73 Å². The zero-order valence-electron chi connectivity index (χ0n) is 10.5. The lowest BCUT2D eigenvalue weighted by Gasteiger charge is -2.16. The average molecular weight is 320 g/mol. The molecule has 3 heteroatoms. The standard InChI is InChI=1S/C16H15BrFN/c17-13-5-2-6-14(18)15(13)16(19)12-8-7-10-3-1-4-11(10)9-12/h2,5-9,16H,1,3-4,19H2. The molecule has 2 aromatic carbocycles. The molecular formula is C16H15BrFN. The van der Waals surface area contributed by atoms with Crippen LogP contribution in [0.2, 0.25) is 0 Å². The summed E-state index contributed by atoms with van der Waals surface area (Å²) in [5.41, 5.74) is 10.5. The first-order chi connectivity index (χ1) is 9.16. The smallest absolute Gasteiger partial charge is 0.129 e. The minimum absolute atomic E-state index is 0.262. The van der Waals surface area contributed by atoms with Gasteiger partial charge in [0.1, 0.15) is 5.82 Å². The number of fused-ring (bicyclic) bond motifs is 1. The molecule has 0 heterocycles. The van der Waals surface area contributed by atoms with Gasteiger partial charge < -0.3 is 5.73 Å². The maximum atomic E-state index is 14.0. The second-order valence-corrected chi connectivity index (χ2v) is 5.85. The van der Waals surface area contributed by atoms with Crippen molar-refractivity contribution in [3.63, 3.8) is 0 Å². The van der Waals surface area contributed by atoms with Crippen molar-refractivity contribution in [2.75, 3.05) is 0 Å². The van der Waals surface area contributed by atoms with E-state index in [9.17, 15) is 4.39 Å². The fourth-order valence-corrected chi connectivity index (χ4v) is 3.35. The van der Waals surface area contributed by atoms with Crippen molar-refractivity contribution in [3.8, 4) is 0 Å². The highest BCUT2D eigenvalue weighted by atomic mass is 79.9. The summed E-state index contributed by atoms with van der Waals surface area (Å²) in [7, 11) is 0. The number of nitrogens with two attached hydrogens (primary N) is 1. The van der Waals surface area contributed by atoms with Crippen LogP contribution in [0.3, 0.4) is 0 Å². The van der Waals surface area contributed by atoms with Crippen molar-refractivity contribution in [2.45, 2.75) is 25.3 Å². The number of halogens is 2. The highest BCUT2D eigenvalue weighted by molar-refractivity contribution is 9.10. The normalized spacial score (nSPS) is 15.3. The van der Waals surface area contributed by atoms with Gasteiger partial charge in [0, 0.05) is 10.0 Å². The van der Waals surface area contributed by atoms with Crippen molar-refractivity contribution in [3.05, 3.63) is 68.9 Å². The van der Waals surface area contributed by atoms with E-state index in [0.717, 1.165) is 22.9 Å². The molecule has 0 radical (unpaired) electrons. The SMILES string of the molecule is NC(c1ccc2c(c1)CCC2)c1c(F)cccc1Br. The van der Waals surface area contributed by atoms with Crippen molar-refractivity contribution in [2.24, 2.45) is 5.73 Å². The molecule has 1 aliphatic carbocycles. The first-order valence-electron chi connectivity index (χ1n) is 6.48. The lowest BCUT2D eigenvalue weighted by Crippen LogP contribution is -2.14. The quantitative estimate of drug-likeness (QED) is 0.885. The Morgan fingerprint density at radius 2 is 1.89 bits per heavy atom. The molecule has 1 aliphatic rings. The van der Waals surface area contributed by atoms with Crippen LogP contribution in [0.1, 0.15) is 34.7 Å². The first-order valence-corrected chi connectivity index (χ1v) is 7.27. The van der Waals surface area contributed by atoms with E-state index >= 15 is 0 Å². The van der Waals surface area contributed by atoms with Gasteiger partial charge in [-0.25, -0.2) is 4.39 Å². The Hall–Kier alpha value is -1.19. The molecule has 0 spiro atoms. The highest BCUT2D eigenvalue weighted by Gasteiger charge is 2.19. The van der Waals surface area contributed by atoms with Gasteiger partial charge >= 0.3 is 0 Å². The van der Waals surface area contributed by atoms with E-state index < -0.39 is 6.04 Å². The second-order valence-electron chi connectivity index (χ2n) is 4.99. The largest absolute Gasteiger partial charge is 0.320 e. The summed E-state index contributed by atoms with van der Waals surface area (Å²) in [6.45, 7) is 0. The molecule has 98 valence electrons. The van der Waals surface area contributed by atoms with Gasteiger partial charge in [0.25, 0.3) is 0 Å². The lowest BCUT2D eigenvalue weighted by atomic mass is 9.96. The van der Waals surface area contributed by atoms with Gasteiger partial charge in [-0.05, 0) is 48.1 Å². The molecule has 1 unspecified atom stereocenters. The van der Waals surface area contributed by atoms with Crippen molar-refractivity contribution < 1.29 is 4.39 Å². The van der Waals surface area contributed by atoms with Crippen LogP contribution in [0.15, 0.2) is 40.9 Å².